The highest BCUT2D eigenvalue weighted by molar-refractivity contribution is 7.10. The predicted molar refractivity (Wildman–Crippen MR) is 67.7 cm³/mol. The highest BCUT2D eigenvalue weighted by Gasteiger charge is 2.24. The fourth-order valence-corrected chi connectivity index (χ4v) is 1.96. The maximum atomic E-state index is 11.9. The van der Waals surface area contributed by atoms with Crippen LogP contribution in [0.4, 0.5) is 5.00 Å². The number of hydrogen-bond acceptors (Lipinski definition) is 8. The van der Waals surface area contributed by atoms with Gasteiger partial charge in [-0.25, -0.2) is 4.79 Å². The van der Waals surface area contributed by atoms with Crippen molar-refractivity contribution in [2.24, 2.45) is 0 Å². The molecular formula is C11H9N3O5S. The molecule has 2 aromatic heterocycles. The Kier molecular flexibility index (Phi) is 3.89. The molecule has 0 aliphatic carbocycles. The van der Waals surface area contributed by atoms with Crippen LogP contribution in [0.5, 0.6) is 0 Å². The van der Waals surface area contributed by atoms with Crippen molar-refractivity contribution in [1.82, 2.24) is 9.59 Å². The lowest BCUT2D eigenvalue weighted by Crippen LogP contribution is -2.23. The zero-order valence-corrected chi connectivity index (χ0v) is 11.3. The second-order valence-electron chi connectivity index (χ2n) is 3.62. The van der Waals surface area contributed by atoms with Crippen LogP contribution >= 0.6 is 11.5 Å². The Hall–Kier alpha value is -2.55. The number of nitrogens with zero attached hydrogens (tertiary/aromatic N) is 2. The molecule has 9 heteroatoms. The Balaban J connectivity index is 2.17. The van der Waals surface area contributed by atoms with Crippen molar-refractivity contribution in [2.45, 2.75) is 6.92 Å². The van der Waals surface area contributed by atoms with Gasteiger partial charge in [0.2, 0.25) is 5.69 Å². The Morgan fingerprint density at radius 2 is 2.15 bits per heavy atom. The van der Waals surface area contributed by atoms with Gasteiger partial charge >= 0.3 is 5.97 Å². The Morgan fingerprint density at radius 3 is 2.75 bits per heavy atom. The molecule has 2 rings (SSSR count). The third-order valence-corrected chi connectivity index (χ3v) is 3.04. The van der Waals surface area contributed by atoms with E-state index < -0.39 is 17.7 Å². The van der Waals surface area contributed by atoms with E-state index in [4.69, 9.17) is 4.42 Å². The molecule has 0 aliphatic heterocycles. The summed E-state index contributed by atoms with van der Waals surface area (Å²) in [5, 5.41) is 5.86. The third-order valence-electron chi connectivity index (χ3n) is 2.40. The molecule has 8 nitrogen and oxygen atoms in total. The standard InChI is InChI=1S/C11H9N3O5S/c1-5-6(3-4-19-5)8(15)9(16)12-10-7(11(17)18-2)13-14-20-10/h3-4H,1-2H3,(H,12,16). The van der Waals surface area contributed by atoms with Gasteiger partial charge in [0.15, 0.2) is 5.00 Å². The van der Waals surface area contributed by atoms with Gasteiger partial charge in [-0.2, -0.15) is 0 Å². The minimum Gasteiger partial charge on any atom is -0.469 e. The van der Waals surface area contributed by atoms with E-state index in [9.17, 15) is 14.4 Å². The summed E-state index contributed by atoms with van der Waals surface area (Å²) >= 11 is 0.771. The zero-order valence-electron chi connectivity index (χ0n) is 10.5. The van der Waals surface area contributed by atoms with Crippen molar-refractivity contribution in [3.05, 3.63) is 29.3 Å². The first-order valence-electron chi connectivity index (χ1n) is 5.35. The van der Waals surface area contributed by atoms with E-state index in [2.05, 4.69) is 19.6 Å². The number of furan rings is 1. The van der Waals surface area contributed by atoms with Crippen LogP contribution in [0.3, 0.4) is 0 Å². The zero-order chi connectivity index (χ0) is 14.7. The van der Waals surface area contributed by atoms with Crippen molar-refractivity contribution in [1.29, 1.82) is 0 Å². The number of aryl methyl sites for hydroxylation is 1. The van der Waals surface area contributed by atoms with Gasteiger partial charge in [-0.15, -0.1) is 5.10 Å². The maximum absolute atomic E-state index is 11.9. The van der Waals surface area contributed by atoms with Crippen molar-refractivity contribution >= 4 is 34.2 Å². The number of carbonyl (C=O) groups is 3. The normalized spacial score (nSPS) is 10.1. The van der Waals surface area contributed by atoms with Crippen LogP contribution in [0.15, 0.2) is 16.7 Å². The lowest BCUT2D eigenvalue weighted by molar-refractivity contribution is -0.112. The van der Waals surface area contributed by atoms with Crippen LogP contribution in [-0.4, -0.2) is 34.4 Å². The number of ether oxygens (including phenoxy) is 1. The first kappa shape index (κ1) is 13.9. The van der Waals surface area contributed by atoms with Crippen LogP contribution in [-0.2, 0) is 9.53 Å². The number of rotatable bonds is 4. The van der Waals surface area contributed by atoms with Crippen molar-refractivity contribution in [3.63, 3.8) is 0 Å². The first-order chi connectivity index (χ1) is 9.54. The smallest absolute Gasteiger partial charge is 0.361 e. The monoisotopic (exact) mass is 295 g/mol. The number of nitrogens with one attached hydrogen (secondary N) is 1. The van der Waals surface area contributed by atoms with Crippen LogP contribution in [0.25, 0.3) is 0 Å². The summed E-state index contributed by atoms with van der Waals surface area (Å²) in [5.74, 6) is -2.10. The molecule has 20 heavy (non-hydrogen) atoms. The highest BCUT2D eigenvalue weighted by Crippen LogP contribution is 2.19. The molecule has 0 aromatic carbocycles. The molecule has 104 valence electrons. The molecule has 0 saturated heterocycles. The topological polar surface area (TPSA) is 111 Å². The number of esters is 1. The molecule has 0 unspecified atom stereocenters. The first-order valence-corrected chi connectivity index (χ1v) is 6.12. The van der Waals surface area contributed by atoms with Crippen molar-refractivity contribution in [2.75, 3.05) is 12.4 Å². The average molecular weight is 295 g/mol. The summed E-state index contributed by atoms with van der Waals surface area (Å²) in [6.45, 7) is 1.56. The van der Waals surface area contributed by atoms with Gasteiger partial charge in [0, 0.05) is 11.5 Å². The molecular weight excluding hydrogens is 286 g/mol. The molecule has 0 saturated carbocycles. The quantitative estimate of drug-likeness (QED) is 0.509. The number of aromatic nitrogens is 2. The Bertz CT molecular complexity index is 675. The van der Waals surface area contributed by atoms with Gasteiger partial charge in [0.1, 0.15) is 5.76 Å². The summed E-state index contributed by atoms with van der Waals surface area (Å²) in [7, 11) is 1.17. The van der Waals surface area contributed by atoms with Gasteiger partial charge in [0.05, 0.1) is 18.9 Å². The molecule has 0 aliphatic rings. The number of methoxy groups -OCH3 is 1. The molecule has 1 N–H and O–H groups in total. The highest BCUT2D eigenvalue weighted by atomic mass is 32.1. The summed E-state index contributed by atoms with van der Waals surface area (Å²) in [6, 6.07) is 1.39. The SMILES string of the molecule is COC(=O)c1nnsc1NC(=O)C(=O)c1ccoc1C. The molecule has 0 spiro atoms. The van der Waals surface area contributed by atoms with Gasteiger partial charge in [-0.1, -0.05) is 4.49 Å². The number of ketones is 1. The lowest BCUT2D eigenvalue weighted by atomic mass is 10.1. The van der Waals surface area contributed by atoms with E-state index in [0.717, 1.165) is 11.5 Å². The lowest BCUT2D eigenvalue weighted by Gasteiger charge is -2.02. The number of anilines is 1. The maximum Gasteiger partial charge on any atom is 0.361 e. The van der Waals surface area contributed by atoms with Crippen LogP contribution in [0, 0.1) is 6.92 Å². The van der Waals surface area contributed by atoms with E-state index >= 15 is 0 Å². The molecule has 0 atom stereocenters. The fraction of sp³-hybridized carbons (Fsp3) is 0.182. The second kappa shape index (κ2) is 5.61. The Morgan fingerprint density at radius 1 is 1.40 bits per heavy atom. The molecule has 0 bridgehead atoms. The minimum absolute atomic E-state index is 0.0522. The summed E-state index contributed by atoms with van der Waals surface area (Å²) in [4.78, 5) is 35.1. The molecule has 2 heterocycles. The van der Waals surface area contributed by atoms with Gasteiger partial charge in [-0.3, -0.25) is 9.59 Å². The number of hydrogen-bond donors (Lipinski definition) is 1. The molecule has 0 fully saturated rings. The number of amides is 1. The van der Waals surface area contributed by atoms with E-state index in [1.807, 2.05) is 0 Å². The van der Waals surface area contributed by atoms with Crippen molar-refractivity contribution < 1.29 is 23.5 Å². The van der Waals surface area contributed by atoms with E-state index in [0.29, 0.717) is 5.76 Å². The molecule has 0 radical (unpaired) electrons. The van der Waals surface area contributed by atoms with E-state index in [1.165, 1.54) is 19.4 Å². The summed E-state index contributed by atoms with van der Waals surface area (Å²) < 4.78 is 13.0. The van der Waals surface area contributed by atoms with Crippen LogP contribution < -0.4 is 5.32 Å². The van der Waals surface area contributed by atoms with Crippen LogP contribution in [0.1, 0.15) is 26.6 Å². The summed E-state index contributed by atoms with van der Waals surface area (Å²) in [5.41, 5.74) is 0.00200. The largest absolute Gasteiger partial charge is 0.469 e. The van der Waals surface area contributed by atoms with Crippen molar-refractivity contribution in [3.8, 4) is 0 Å². The third kappa shape index (κ3) is 2.57. The van der Waals surface area contributed by atoms with Gasteiger partial charge in [-0.05, 0) is 13.0 Å². The van der Waals surface area contributed by atoms with Gasteiger partial charge in [0.25, 0.3) is 11.7 Å². The number of Topliss-reactive ketones (excluding diaryl/α,β-unsaturated/α-hetero) is 1. The fourth-order valence-electron chi connectivity index (χ4n) is 1.41. The predicted octanol–water partition coefficient (Wildman–Crippen LogP) is 1.05. The number of carbonyl (C=O) groups excluding carboxylic acids is 3. The average Bonchev–Trinajstić information content (AvgIpc) is 3.06. The van der Waals surface area contributed by atoms with Gasteiger partial charge < -0.3 is 14.5 Å². The van der Waals surface area contributed by atoms with E-state index in [-0.39, 0.29) is 16.3 Å². The molecule has 2 aromatic rings. The molecule has 1 amide bonds. The summed E-state index contributed by atoms with van der Waals surface area (Å²) in [6.07, 6.45) is 1.31. The van der Waals surface area contributed by atoms with E-state index in [1.54, 1.807) is 6.92 Å². The van der Waals surface area contributed by atoms with Crippen LogP contribution in [0.2, 0.25) is 0 Å². The second-order valence-corrected chi connectivity index (χ2v) is 4.37. The minimum atomic E-state index is -0.911. The Labute approximate surface area is 116 Å².